The van der Waals surface area contributed by atoms with Gasteiger partial charge in [0.2, 0.25) is 11.7 Å². The Labute approximate surface area is 186 Å². The number of pyridine rings is 1. The highest BCUT2D eigenvalue weighted by Crippen LogP contribution is 2.32. The van der Waals surface area contributed by atoms with Crippen molar-refractivity contribution in [2.24, 2.45) is 0 Å². The molecule has 160 valence electrons. The number of hydrogen-bond donors (Lipinski definition) is 1. The summed E-state index contributed by atoms with van der Waals surface area (Å²) in [4.78, 5) is 26.3. The van der Waals surface area contributed by atoms with Crippen molar-refractivity contribution in [3.8, 4) is 11.9 Å². The first-order valence-corrected chi connectivity index (χ1v) is 9.95. The molecular weight excluding hydrogens is 435 g/mol. The number of aromatic hydroxyl groups is 1. The SMILES string of the molecule is Cc1c(C(=O)c2oc3ccc(F)cc3c2C)c(O)n(Cc2ccccc2Cl)c(=O)c1C#N. The van der Waals surface area contributed by atoms with E-state index in [1.54, 1.807) is 31.2 Å². The highest BCUT2D eigenvalue weighted by molar-refractivity contribution is 6.31. The van der Waals surface area contributed by atoms with Crippen LogP contribution in [-0.4, -0.2) is 15.5 Å². The number of carbonyl (C=O) groups excluding carboxylic acids is 1. The second kappa shape index (κ2) is 7.98. The number of aryl methyl sites for hydroxylation is 1. The van der Waals surface area contributed by atoms with Crippen LogP contribution in [0.3, 0.4) is 0 Å². The average molecular weight is 451 g/mol. The Balaban J connectivity index is 1.94. The number of halogens is 2. The van der Waals surface area contributed by atoms with E-state index in [2.05, 4.69) is 0 Å². The molecule has 0 saturated heterocycles. The average Bonchev–Trinajstić information content (AvgIpc) is 3.08. The predicted molar refractivity (Wildman–Crippen MR) is 117 cm³/mol. The lowest BCUT2D eigenvalue weighted by Gasteiger charge is -2.15. The van der Waals surface area contributed by atoms with Crippen molar-refractivity contribution in [3.63, 3.8) is 0 Å². The van der Waals surface area contributed by atoms with Crippen LogP contribution in [0.2, 0.25) is 5.02 Å². The third kappa shape index (κ3) is 3.35. The Morgan fingerprint density at radius 1 is 1.22 bits per heavy atom. The minimum Gasteiger partial charge on any atom is -0.494 e. The summed E-state index contributed by atoms with van der Waals surface area (Å²) in [5.74, 6) is -1.93. The maximum atomic E-state index is 13.7. The molecule has 0 atom stereocenters. The third-order valence-corrected chi connectivity index (χ3v) is 5.79. The Morgan fingerprint density at radius 3 is 2.62 bits per heavy atom. The van der Waals surface area contributed by atoms with Crippen LogP contribution in [0, 0.1) is 31.0 Å². The molecule has 0 unspecified atom stereocenters. The van der Waals surface area contributed by atoms with Gasteiger partial charge in [0.15, 0.2) is 5.76 Å². The van der Waals surface area contributed by atoms with Crippen molar-refractivity contribution >= 4 is 28.4 Å². The summed E-state index contributed by atoms with van der Waals surface area (Å²) >= 11 is 6.19. The van der Waals surface area contributed by atoms with Crippen LogP contribution in [0.1, 0.15) is 38.4 Å². The molecule has 2 heterocycles. The van der Waals surface area contributed by atoms with E-state index in [0.717, 1.165) is 4.57 Å². The predicted octanol–water partition coefficient (Wildman–Crippen LogP) is 4.86. The van der Waals surface area contributed by atoms with Gasteiger partial charge in [-0.1, -0.05) is 29.8 Å². The van der Waals surface area contributed by atoms with Gasteiger partial charge in [-0.05, 0) is 49.2 Å². The first-order valence-electron chi connectivity index (χ1n) is 9.57. The minimum atomic E-state index is -0.748. The van der Waals surface area contributed by atoms with Crippen LogP contribution in [-0.2, 0) is 6.54 Å². The fourth-order valence-electron chi connectivity index (χ4n) is 3.69. The van der Waals surface area contributed by atoms with Gasteiger partial charge in [0.1, 0.15) is 23.0 Å². The number of benzene rings is 2. The first kappa shape index (κ1) is 21.3. The lowest BCUT2D eigenvalue weighted by Crippen LogP contribution is -2.27. The summed E-state index contributed by atoms with van der Waals surface area (Å²) in [5, 5.41) is 21.3. The number of nitriles is 1. The van der Waals surface area contributed by atoms with E-state index in [-0.39, 0.29) is 29.0 Å². The largest absolute Gasteiger partial charge is 0.494 e. The van der Waals surface area contributed by atoms with Crippen molar-refractivity contribution < 1.29 is 18.7 Å². The van der Waals surface area contributed by atoms with Crippen LogP contribution in [0.25, 0.3) is 11.0 Å². The smallest absolute Gasteiger partial charge is 0.271 e. The lowest BCUT2D eigenvalue weighted by atomic mass is 9.98. The van der Waals surface area contributed by atoms with E-state index in [0.29, 0.717) is 27.1 Å². The first-order chi connectivity index (χ1) is 15.2. The number of aromatic nitrogens is 1. The number of fused-ring (bicyclic) bond motifs is 1. The fraction of sp³-hybridized carbons (Fsp3) is 0.125. The van der Waals surface area contributed by atoms with Crippen molar-refractivity contribution in [3.05, 3.63) is 97.2 Å². The number of hydrogen-bond acceptors (Lipinski definition) is 5. The molecule has 0 aliphatic carbocycles. The van der Waals surface area contributed by atoms with Gasteiger partial charge >= 0.3 is 0 Å². The summed E-state index contributed by atoms with van der Waals surface area (Å²) in [6.07, 6.45) is 0. The van der Waals surface area contributed by atoms with Gasteiger partial charge in [-0.25, -0.2) is 4.39 Å². The number of rotatable bonds is 4. The molecule has 0 amide bonds. The summed E-state index contributed by atoms with van der Waals surface area (Å²) in [6, 6.07) is 12.4. The van der Waals surface area contributed by atoms with Gasteiger partial charge in [-0.15, -0.1) is 0 Å². The zero-order chi connectivity index (χ0) is 23.2. The molecule has 1 N–H and O–H groups in total. The normalized spacial score (nSPS) is 11.0. The lowest BCUT2D eigenvalue weighted by molar-refractivity contribution is 0.101. The Hall–Kier alpha value is -3.89. The van der Waals surface area contributed by atoms with E-state index >= 15 is 0 Å². The molecule has 32 heavy (non-hydrogen) atoms. The second-order valence-corrected chi connectivity index (χ2v) is 7.73. The van der Waals surface area contributed by atoms with Gasteiger partial charge < -0.3 is 9.52 Å². The zero-order valence-corrected chi connectivity index (χ0v) is 17.8. The molecule has 0 bridgehead atoms. The van der Waals surface area contributed by atoms with E-state index < -0.39 is 23.0 Å². The van der Waals surface area contributed by atoms with E-state index in [9.17, 15) is 24.3 Å². The molecule has 0 fully saturated rings. The van der Waals surface area contributed by atoms with Gasteiger partial charge in [-0.2, -0.15) is 5.26 Å². The number of furan rings is 1. The monoisotopic (exact) mass is 450 g/mol. The maximum Gasteiger partial charge on any atom is 0.271 e. The summed E-state index contributed by atoms with van der Waals surface area (Å²) < 4.78 is 20.2. The quantitative estimate of drug-likeness (QED) is 0.448. The Bertz CT molecular complexity index is 1510. The van der Waals surface area contributed by atoms with Crippen LogP contribution in [0.4, 0.5) is 4.39 Å². The fourth-order valence-corrected chi connectivity index (χ4v) is 3.89. The molecule has 8 heteroatoms. The van der Waals surface area contributed by atoms with E-state index in [1.807, 2.05) is 6.07 Å². The van der Waals surface area contributed by atoms with Gasteiger partial charge in [-0.3, -0.25) is 14.2 Å². The Morgan fingerprint density at radius 2 is 1.94 bits per heavy atom. The van der Waals surface area contributed by atoms with Crippen LogP contribution < -0.4 is 5.56 Å². The number of carbonyl (C=O) groups is 1. The molecule has 2 aromatic carbocycles. The molecule has 0 aliphatic rings. The zero-order valence-electron chi connectivity index (χ0n) is 17.1. The van der Waals surface area contributed by atoms with E-state index in [1.165, 1.54) is 25.1 Å². The molecule has 2 aromatic heterocycles. The molecular formula is C24H16ClFN2O4. The maximum absolute atomic E-state index is 13.7. The summed E-state index contributed by atoms with van der Waals surface area (Å²) in [5.41, 5.74) is -0.0364. The molecule has 0 saturated carbocycles. The highest BCUT2D eigenvalue weighted by Gasteiger charge is 2.29. The van der Waals surface area contributed by atoms with E-state index in [4.69, 9.17) is 16.0 Å². The molecule has 0 radical (unpaired) electrons. The third-order valence-electron chi connectivity index (χ3n) is 5.42. The van der Waals surface area contributed by atoms with Gasteiger partial charge in [0.25, 0.3) is 5.56 Å². The highest BCUT2D eigenvalue weighted by atomic mass is 35.5. The molecule has 6 nitrogen and oxygen atoms in total. The van der Waals surface area contributed by atoms with Crippen LogP contribution in [0.5, 0.6) is 5.88 Å². The van der Waals surface area contributed by atoms with Crippen molar-refractivity contribution in [2.45, 2.75) is 20.4 Å². The van der Waals surface area contributed by atoms with Crippen molar-refractivity contribution in [2.75, 3.05) is 0 Å². The molecule has 0 spiro atoms. The minimum absolute atomic E-state index is 0.0291. The van der Waals surface area contributed by atoms with Crippen LogP contribution in [0.15, 0.2) is 51.7 Å². The summed E-state index contributed by atoms with van der Waals surface area (Å²) in [7, 11) is 0. The molecule has 0 aliphatic heterocycles. The van der Waals surface area contributed by atoms with Gasteiger partial charge in [0.05, 0.1) is 12.1 Å². The van der Waals surface area contributed by atoms with Crippen molar-refractivity contribution in [1.29, 1.82) is 5.26 Å². The van der Waals surface area contributed by atoms with Gasteiger partial charge in [0, 0.05) is 16.0 Å². The molecule has 4 rings (SSSR count). The standard InChI is InChI=1S/C24H16ClFN2O4/c1-12-17(10-27)23(30)28(11-14-5-3-4-6-18(14)25)24(31)20(12)21(29)22-13(2)16-9-15(26)7-8-19(16)32-22/h3-9,31H,11H2,1-2H3. The second-order valence-electron chi connectivity index (χ2n) is 7.32. The molecule has 4 aromatic rings. The topological polar surface area (TPSA) is 96.2 Å². The number of nitrogens with zero attached hydrogens (tertiary/aromatic N) is 2. The number of ketones is 1. The Kier molecular flexibility index (Phi) is 5.33. The van der Waals surface area contributed by atoms with Crippen molar-refractivity contribution in [1.82, 2.24) is 4.57 Å². The van der Waals surface area contributed by atoms with Crippen LogP contribution >= 0.6 is 11.6 Å². The summed E-state index contributed by atoms with van der Waals surface area (Å²) in [6.45, 7) is 2.85.